The zero-order chi connectivity index (χ0) is 17.5. The van der Waals surface area contributed by atoms with Gasteiger partial charge in [-0.1, -0.05) is 12.1 Å². The van der Waals surface area contributed by atoms with E-state index in [1.807, 2.05) is 43.5 Å². The van der Waals surface area contributed by atoms with Gasteiger partial charge in [0, 0.05) is 25.4 Å². The molecule has 0 aliphatic rings. The van der Waals surface area contributed by atoms with Gasteiger partial charge in [0.25, 0.3) is 0 Å². The summed E-state index contributed by atoms with van der Waals surface area (Å²) >= 11 is 1.41. The molecule has 0 unspecified atom stereocenters. The van der Waals surface area contributed by atoms with Gasteiger partial charge in [0.2, 0.25) is 0 Å². The summed E-state index contributed by atoms with van der Waals surface area (Å²) in [7, 11) is 1.79. The fraction of sp³-hybridized carbons (Fsp3) is 0.412. The van der Waals surface area contributed by atoms with Gasteiger partial charge >= 0.3 is 6.03 Å². The maximum atomic E-state index is 12.3. The number of nitrogen functional groups attached to an aromatic ring is 1. The zero-order valence-corrected chi connectivity index (χ0v) is 15.1. The molecule has 130 valence electrons. The number of rotatable bonds is 7. The van der Waals surface area contributed by atoms with Crippen molar-refractivity contribution in [1.82, 2.24) is 15.2 Å². The molecule has 0 aliphatic carbocycles. The first-order valence-corrected chi connectivity index (χ1v) is 8.82. The third-order valence-corrected chi connectivity index (χ3v) is 4.52. The maximum absolute atomic E-state index is 12.3. The van der Waals surface area contributed by atoms with E-state index in [0.29, 0.717) is 24.7 Å². The van der Waals surface area contributed by atoms with Gasteiger partial charge in [-0.05, 0) is 31.5 Å². The molecule has 2 amide bonds. The van der Waals surface area contributed by atoms with Gasteiger partial charge in [-0.2, -0.15) is 0 Å². The van der Waals surface area contributed by atoms with E-state index in [2.05, 4.69) is 10.3 Å². The Morgan fingerprint density at radius 2 is 2.12 bits per heavy atom. The van der Waals surface area contributed by atoms with Crippen molar-refractivity contribution in [3.05, 3.63) is 40.9 Å². The van der Waals surface area contributed by atoms with Crippen LogP contribution in [-0.2, 0) is 6.42 Å². The first kappa shape index (κ1) is 18.1. The number of amides is 2. The van der Waals surface area contributed by atoms with Crippen LogP contribution in [0.1, 0.15) is 31.1 Å². The van der Waals surface area contributed by atoms with Crippen LogP contribution in [0.25, 0.3) is 0 Å². The zero-order valence-electron chi connectivity index (χ0n) is 14.3. The Kier molecular flexibility index (Phi) is 6.43. The first-order chi connectivity index (χ1) is 11.5. The number of nitrogens with zero attached hydrogens (tertiary/aromatic N) is 2. The van der Waals surface area contributed by atoms with Crippen LogP contribution < -0.4 is 15.8 Å². The van der Waals surface area contributed by atoms with Crippen molar-refractivity contribution >= 4 is 22.5 Å². The highest BCUT2D eigenvalue weighted by molar-refractivity contribution is 7.13. The molecule has 2 rings (SSSR count). The number of urea groups is 1. The normalized spacial score (nSPS) is 11.8. The Hall–Kier alpha value is -2.28. The van der Waals surface area contributed by atoms with Crippen LogP contribution >= 0.6 is 11.3 Å². The van der Waals surface area contributed by atoms with Gasteiger partial charge in [-0.25, -0.2) is 9.78 Å². The lowest BCUT2D eigenvalue weighted by molar-refractivity contribution is 0.194. The molecule has 1 aromatic carbocycles. The van der Waals surface area contributed by atoms with E-state index in [9.17, 15) is 4.79 Å². The number of thiazole rings is 1. The smallest absolute Gasteiger partial charge is 0.317 e. The molecule has 0 saturated carbocycles. The van der Waals surface area contributed by atoms with E-state index in [-0.39, 0.29) is 12.1 Å². The Balaban J connectivity index is 1.84. The van der Waals surface area contributed by atoms with Crippen molar-refractivity contribution in [1.29, 1.82) is 0 Å². The van der Waals surface area contributed by atoms with Gasteiger partial charge in [-0.3, -0.25) is 0 Å². The van der Waals surface area contributed by atoms with E-state index in [0.717, 1.165) is 17.0 Å². The predicted molar refractivity (Wildman–Crippen MR) is 97.4 cm³/mol. The number of hydrogen-bond donors (Lipinski definition) is 2. The lowest BCUT2D eigenvalue weighted by Gasteiger charge is -2.25. The molecule has 7 heteroatoms. The van der Waals surface area contributed by atoms with E-state index < -0.39 is 0 Å². The Morgan fingerprint density at radius 3 is 2.71 bits per heavy atom. The number of hydrogen-bond acceptors (Lipinski definition) is 5. The molecule has 0 spiro atoms. The van der Waals surface area contributed by atoms with Gasteiger partial charge in [-0.15, -0.1) is 11.3 Å². The van der Waals surface area contributed by atoms with E-state index in [4.69, 9.17) is 10.5 Å². The Labute approximate surface area is 146 Å². The molecule has 0 bridgehead atoms. The SMILES string of the molecule is CCOc1ccc([C@H](C)N(C)C(=O)NCCc2csc(N)n2)cc1. The van der Waals surface area contributed by atoms with Crippen LogP contribution in [-0.4, -0.2) is 36.1 Å². The number of aromatic nitrogens is 1. The van der Waals surface area contributed by atoms with Crippen LogP contribution in [0.5, 0.6) is 5.75 Å². The average Bonchev–Trinajstić information content (AvgIpc) is 2.99. The molecular formula is C17H24N4O2S. The van der Waals surface area contributed by atoms with Gasteiger partial charge in [0.05, 0.1) is 18.3 Å². The minimum Gasteiger partial charge on any atom is -0.494 e. The maximum Gasteiger partial charge on any atom is 0.317 e. The monoisotopic (exact) mass is 348 g/mol. The summed E-state index contributed by atoms with van der Waals surface area (Å²) in [4.78, 5) is 18.1. The van der Waals surface area contributed by atoms with Crippen molar-refractivity contribution in [2.45, 2.75) is 26.3 Å². The molecule has 2 aromatic rings. The Bertz CT molecular complexity index is 657. The number of ether oxygens (including phenoxy) is 1. The summed E-state index contributed by atoms with van der Waals surface area (Å²) in [5.41, 5.74) is 7.56. The highest BCUT2D eigenvalue weighted by atomic mass is 32.1. The molecule has 0 saturated heterocycles. The molecule has 0 radical (unpaired) electrons. The minimum absolute atomic E-state index is 0.0319. The van der Waals surface area contributed by atoms with Crippen LogP contribution in [0.2, 0.25) is 0 Å². The van der Waals surface area contributed by atoms with Crippen molar-refractivity contribution in [2.24, 2.45) is 0 Å². The van der Waals surface area contributed by atoms with Gasteiger partial charge in [0.1, 0.15) is 5.75 Å². The lowest BCUT2D eigenvalue weighted by atomic mass is 10.1. The van der Waals surface area contributed by atoms with E-state index in [1.54, 1.807) is 11.9 Å². The fourth-order valence-corrected chi connectivity index (χ4v) is 2.87. The van der Waals surface area contributed by atoms with Gasteiger partial charge < -0.3 is 20.7 Å². The quantitative estimate of drug-likeness (QED) is 0.806. The molecule has 0 fully saturated rings. The number of nitrogens with one attached hydrogen (secondary N) is 1. The fourth-order valence-electron chi connectivity index (χ4n) is 2.27. The molecule has 24 heavy (non-hydrogen) atoms. The Morgan fingerprint density at radius 1 is 1.42 bits per heavy atom. The van der Waals surface area contributed by atoms with Crippen LogP contribution in [0.15, 0.2) is 29.6 Å². The van der Waals surface area contributed by atoms with Crippen molar-refractivity contribution in [2.75, 3.05) is 25.9 Å². The second kappa shape index (κ2) is 8.54. The molecule has 1 aromatic heterocycles. The molecule has 1 heterocycles. The number of anilines is 1. The molecule has 1 atom stereocenters. The number of nitrogens with two attached hydrogens (primary N) is 1. The van der Waals surface area contributed by atoms with Crippen LogP contribution in [0.4, 0.5) is 9.93 Å². The van der Waals surface area contributed by atoms with Crippen molar-refractivity contribution in [3.8, 4) is 5.75 Å². The third kappa shape index (κ3) is 4.86. The predicted octanol–water partition coefficient (Wildman–Crippen LogP) is 3.07. The second-order valence-electron chi connectivity index (χ2n) is 5.45. The van der Waals surface area contributed by atoms with Crippen LogP contribution in [0.3, 0.4) is 0 Å². The number of carbonyl (C=O) groups excluding carboxylic acids is 1. The third-order valence-electron chi connectivity index (χ3n) is 3.80. The van der Waals surface area contributed by atoms with Crippen molar-refractivity contribution in [3.63, 3.8) is 0 Å². The first-order valence-electron chi connectivity index (χ1n) is 7.94. The van der Waals surface area contributed by atoms with Crippen LogP contribution in [0, 0.1) is 0 Å². The number of benzene rings is 1. The lowest BCUT2D eigenvalue weighted by Crippen LogP contribution is -2.39. The average molecular weight is 348 g/mol. The second-order valence-corrected chi connectivity index (χ2v) is 6.34. The molecular weight excluding hydrogens is 324 g/mol. The van der Waals surface area contributed by atoms with Gasteiger partial charge in [0.15, 0.2) is 5.13 Å². The van der Waals surface area contributed by atoms with E-state index >= 15 is 0 Å². The molecule has 0 aliphatic heterocycles. The summed E-state index contributed by atoms with van der Waals surface area (Å²) in [5, 5.41) is 5.37. The summed E-state index contributed by atoms with van der Waals surface area (Å²) in [6.45, 7) is 5.12. The largest absolute Gasteiger partial charge is 0.494 e. The topological polar surface area (TPSA) is 80.5 Å². The summed E-state index contributed by atoms with van der Waals surface area (Å²) in [6.07, 6.45) is 0.671. The molecule has 6 nitrogen and oxygen atoms in total. The standard InChI is InChI=1S/C17H24N4O2S/c1-4-23-15-7-5-13(6-8-15)12(2)21(3)17(22)19-10-9-14-11-24-16(18)20-14/h5-8,11-12H,4,9-10H2,1-3H3,(H2,18,20)(H,19,22)/t12-/m0/s1. The summed E-state index contributed by atoms with van der Waals surface area (Å²) < 4.78 is 5.44. The van der Waals surface area contributed by atoms with E-state index in [1.165, 1.54) is 11.3 Å². The minimum atomic E-state index is -0.111. The number of carbonyl (C=O) groups is 1. The highest BCUT2D eigenvalue weighted by Crippen LogP contribution is 2.21. The summed E-state index contributed by atoms with van der Waals surface area (Å²) in [6, 6.07) is 7.67. The van der Waals surface area contributed by atoms with Crippen molar-refractivity contribution < 1.29 is 9.53 Å². The summed E-state index contributed by atoms with van der Waals surface area (Å²) in [5.74, 6) is 0.836. The molecule has 3 N–H and O–H groups in total. The highest BCUT2D eigenvalue weighted by Gasteiger charge is 2.17.